The molecule has 0 saturated carbocycles. The number of carbonyl (C=O) groups is 1. The van der Waals surface area contributed by atoms with Crippen LogP contribution in [0.4, 0.5) is 11.4 Å². The summed E-state index contributed by atoms with van der Waals surface area (Å²) in [4.78, 5) is 37.2. The lowest BCUT2D eigenvalue weighted by atomic mass is 10.1. The minimum absolute atomic E-state index is 0. The van der Waals surface area contributed by atoms with E-state index in [2.05, 4.69) is 5.32 Å². The second-order valence-corrected chi connectivity index (χ2v) is 6.35. The van der Waals surface area contributed by atoms with E-state index in [0.29, 0.717) is 28.6 Å². The lowest BCUT2D eigenvalue weighted by molar-refractivity contribution is -0.428. The maximum Gasteiger partial charge on any atom is 0.267 e. The maximum absolute atomic E-state index is 12.9. The molecule has 0 bridgehead atoms. The standard InChI is InChI=1S/C20H19N3O5.H2O/c1-3-10-23-15-7-5-4-6-13(15)18(25)17(20(23)27)19(26)21-14-11-12(22(2)28)8-9-16(14)24;/h4-9,11H,3,10H2,1-2H3,(H2-,21,24,25,26,27,28);1H2. The third-order valence-corrected chi connectivity index (χ3v) is 4.41. The van der Waals surface area contributed by atoms with Crippen molar-refractivity contribution in [2.24, 2.45) is 0 Å². The highest BCUT2D eigenvalue weighted by molar-refractivity contribution is 6.09. The monoisotopic (exact) mass is 399 g/mol. The quantitative estimate of drug-likeness (QED) is 0.445. The number of rotatable bonds is 5. The minimum atomic E-state index is -0.876. The summed E-state index contributed by atoms with van der Waals surface area (Å²) >= 11 is 0. The van der Waals surface area contributed by atoms with Gasteiger partial charge in [0.25, 0.3) is 17.2 Å². The van der Waals surface area contributed by atoms with Crippen LogP contribution in [0, 0.1) is 4.91 Å². The van der Waals surface area contributed by atoms with E-state index < -0.39 is 22.8 Å². The van der Waals surface area contributed by atoms with Crippen LogP contribution in [-0.4, -0.2) is 38.0 Å². The molecule has 0 saturated heterocycles. The van der Waals surface area contributed by atoms with Gasteiger partial charge in [-0.15, -0.1) is 0 Å². The minimum Gasteiger partial charge on any atom is -0.870 e. The lowest BCUT2D eigenvalue weighted by Gasteiger charge is -2.14. The molecule has 9 heteroatoms. The Labute approximate surface area is 165 Å². The first-order chi connectivity index (χ1) is 13.3. The summed E-state index contributed by atoms with van der Waals surface area (Å²) in [6.07, 6.45) is 0.661. The zero-order valence-electron chi connectivity index (χ0n) is 15.9. The molecule has 1 heterocycles. The van der Waals surface area contributed by atoms with E-state index in [0.717, 1.165) is 0 Å². The van der Waals surface area contributed by atoms with Gasteiger partial charge in [0, 0.05) is 33.7 Å². The zero-order chi connectivity index (χ0) is 20.4. The number of phenolic OH excluding ortho intramolecular Hbond substituents is 1. The summed E-state index contributed by atoms with van der Waals surface area (Å²) in [5.41, 5.74) is -0.362. The number of benzene rings is 2. The first kappa shape index (κ1) is 21.6. The number of phenols is 1. The Morgan fingerprint density at radius 1 is 1.17 bits per heavy atom. The number of nitrogens with zero attached hydrogens (tertiary/aromatic N) is 2. The summed E-state index contributed by atoms with van der Waals surface area (Å²) in [5.74, 6) is -1.57. The number of nitroso groups, excluding NO2 is 1. The van der Waals surface area contributed by atoms with Crippen molar-refractivity contribution in [1.29, 1.82) is 0 Å². The number of aromatic hydroxyl groups is 2. The topological polar surface area (TPSA) is 142 Å². The molecule has 0 radical (unpaired) electrons. The molecule has 9 nitrogen and oxygen atoms in total. The third kappa shape index (κ3) is 3.94. The van der Waals surface area contributed by atoms with Gasteiger partial charge < -0.3 is 25.6 Å². The molecule has 2 aromatic carbocycles. The van der Waals surface area contributed by atoms with Crippen molar-refractivity contribution < 1.29 is 25.2 Å². The average molecular weight is 399 g/mol. The largest absolute Gasteiger partial charge is 0.870 e. The Morgan fingerprint density at radius 2 is 1.86 bits per heavy atom. The van der Waals surface area contributed by atoms with Gasteiger partial charge in [0.2, 0.25) is 0 Å². The SMILES string of the molecule is CCCn1c(=O)c(C(=O)Nc2cc([N+](C)=O)ccc2O)c(O)c2ccccc21.[OH-]. The number of aryl methyl sites for hydroxylation is 1. The Morgan fingerprint density at radius 3 is 2.52 bits per heavy atom. The molecule has 29 heavy (non-hydrogen) atoms. The van der Waals surface area contributed by atoms with E-state index in [9.17, 15) is 24.7 Å². The van der Waals surface area contributed by atoms with Crippen LogP contribution in [0.15, 0.2) is 47.3 Å². The van der Waals surface area contributed by atoms with E-state index in [1.807, 2.05) is 6.92 Å². The molecule has 0 atom stereocenters. The van der Waals surface area contributed by atoms with Crippen molar-refractivity contribution in [3.63, 3.8) is 0 Å². The number of aromatic nitrogens is 1. The van der Waals surface area contributed by atoms with Crippen molar-refractivity contribution in [3.05, 3.63) is 63.3 Å². The summed E-state index contributed by atoms with van der Waals surface area (Å²) in [7, 11) is 1.27. The zero-order valence-corrected chi connectivity index (χ0v) is 15.9. The van der Waals surface area contributed by atoms with Gasteiger partial charge in [-0.25, -0.2) is 0 Å². The molecular formula is C20H21N3O6. The summed E-state index contributed by atoms with van der Waals surface area (Å²) in [5, 5.41) is 23.4. The molecule has 1 amide bonds. The highest BCUT2D eigenvalue weighted by Gasteiger charge is 2.23. The predicted octanol–water partition coefficient (Wildman–Crippen LogP) is 2.94. The van der Waals surface area contributed by atoms with Crippen LogP contribution in [0.2, 0.25) is 0 Å². The van der Waals surface area contributed by atoms with E-state index >= 15 is 0 Å². The molecule has 0 aliphatic rings. The summed E-state index contributed by atoms with van der Waals surface area (Å²) in [6, 6.07) is 10.7. The number of carbonyl (C=O) groups excluding carboxylic acids is 1. The summed E-state index contributed by atoms with van der Waals surface area (Å²) < 4.78 is 2.00. The molecular weight excluding hydrogens is 378 g/mol. The van der Waals surface area contributed by atoms with Crippen molar-refractivity contribution in [2.45, 2.75) is 19.9 Å². The Kier molecular flexibility index (Phi) is 6.35. The van der Waals surface area contributed by atoms with Crippen LogP contribution < -0.4 is 10.9 Å². The molecule has 3 rings (SSSR count). The van der Waals surface area contributed by atoms with Crippen molar-refractivity contribution in [2.75, 3.05) is 12.4 Å². The fourth-order valence-corrected chi connectivity index (χ4v) is 3.04. The van der Waals surface area contributed by atoms with Crippen molar-refractivity contribution in [1.82, 2.24) is 4.57 Å². The summed E-state index contributed by atoms with van der Waals surface area (Å²) in [6.45, 7) is 2.28. The lowest BCUT2D eigenvalue weighted by Crippen LogP contribution is -2.29. The highest BCUT2D eigenvalue weighted by Crippen LogP contribution is 2.30. The van der Waals surface area contributed by atoms with Crippen LogP contribution >= 0.6 is 0 Å². The van der Waals surface area contributed by atoms with Gasteiger partial charge in [-0.1, -0.05) is 19.1 Å². The Balaban J connectivity index is 0.00000300. The molecule has 3 aromatic rings. The number of anilines is 1. The number of nitrogens with one attached hydrogen (secondary N) is 1. The van der Waals surface area contributed by atoms with Crippen LogP contribution in [0.5, 0.6) is 11.5 Å². The molecule has 0 aliphatic carbocycles. The molecule has 0 aliphatic heterocycles. The second-order valence-electron chi connectivity index (χ2n) is 6.35. The number of para-hydroxylation sites is 1. The molecule has 4 N–H and O–H groups in total. The molecule has 0 spiro atoms. The predicted molar refractivity (Wildman–Crippen MR) is 107 cm³/mol. The average Bonchev–Trinajstić information content (AvgIpc) is 2.67. The first-order valence-corrected chi connectivity index (χ1v) is 8.74. The highest BCUT2D eigenvalue weighted by atomic mass is 16.3. The van der Waals surface area contributed by atoms with Crippen LogP contribution in [0.25, 0.3) is 10.9 Å². The van der Waals surface area contributed by atoms with Gasteiger partial charge in [-0.2, -0.15) is 0 Å². The maximum atomic E-state index is 12.9. The number of hydrogen-bond acceptors (Lipinski definition) is 6. The van der Waals surface area contributed by atoms with Crippen molar-refractivity contribution >= 4 is 28.2 Å². The van der Waals surface area contributed by atoms with E-state index in [1.54, 1.807) is 24.3 Å². The fourth-order valence-electron chi connectivity index (χ4n) is 3.04. The normalized spacial score (nSPS) is 10.4. The van der Waals surface area contributed by atoms with E-state index in [-0.39, 0.29) is 22.6 Å². The smallest absolute Gasteiger partial charge is 0.267 e. The van der Waals surface area contributed by atoms with Gasteiger partial charge in [-0.05, 0) is 24.6 Å². The molecule has 152 valence electrons. The molecule has 1 aromatic heterocycles. The Hall–Kier alpha value is -3.72. The van der Waals surface area contributed by atoms with Gasteiger partial charge in [0.15, 0.2) is 7.05 Å². The third-order valence-electron chi connectivity index (χ3n) is 4.41. The fraction of sp³-hybridized carbons (Fsp3) is 0.200. The number of amides is 1. The molecule has 0 fully saturated rings. The van der Waals surface area contributed by atoms with E-state index in [1.165, 1.54) is 29.8 Å². The first-order valence-electron chi connectivity index (χ1n) is 8.74. The van der Waals surface area contributed by atoms with E-state index in [4.69, 9.17) is 0 Å². The van der Waals surface area contributed by atoms with Gasteiger partial charge in [-0.3, -0.25) is 9.59 Å². The molecule has 0 unspecified atom stereocenters. The number of hydrogen-bond donors (Lipinski definition) is 3. The van der Waals surface area contributed by atoms with Gasteiger partial charge >= 0.3 is 0 Å². The van der Waals surface area contributed by atoms with Gasteiger partial charge in [0.05, 0.1) is 11.2 Å². The van der Waals surface area contributed by atoms with Gasteiger partial charge in [0.1, 0.15) is 17.1 Å². The van der Waals surface area contributed by atoms with Crippen LogP contribution in [-0.2, 0) is 6.54 Å². The van der Waals surface area contributed by atoms with Crippen LogP contribution in [0.1, 0.15) is 23.7 Å². The van der Waals surface area contributed by atoms with Crippen molar-refractivity contribution in [3.8, 4) is 11.5 Å². The number of pyridine rings is 1. The number of fused-ring (bicyclic) bond motifs is 1. The second kappa shape index (κ2) is 8.53. The Bertz CT molecular complexity index is 1150. The van der Waals surface area contributed by atoms with Crippen LogP contribution in [0.3, 0.4) is 0 Å².